The van der Waals surface area contributed by atoms with Crippen LogP contribution >= 0.6 is 0 Å². The lowest BCUT2D eigenvalue weighted by atomic mass is 10.1. The van der Waals surface area contributed by atoms with Gasteiger partial charge in [-0.15, -0.1) is 0 Å². The first-order valence-electron chi connectivity index (χ1n) is 8.41. The van der Waals surface area contributed by atoms with Crippen molar-refractivity contribution in [3.05, 3.63) is 58.8 Å². The number of ether oxygens (including phenoxy) is 2. The number of aromatic nitrogens is 4. The van der Waals surface area contributed by atoms with E-state index in [-0.39, 0.29) is 36.4 Å². The van der Waals surface area contributed by atoms with Gasteiger partial charge in [-0.25, -0.2) is 14.9 Å². The van der Waals surface area contributed by atoms with E-state index < -0.39 is 0 Å². The van der Waals surface area contributed by atoms with Crippen LogP contribution in [0.4, 0.5) is 0 Å². The number of benzene rings is 1. The summed E-state index contributed by atoms with van der Waals surface area (Å²) in [6.45, 7) is 2.23. The first-order valence-corrected chi connectivity index (χ1v) is 8.41. The molecule has 8 nitrogen and oxygen atoms in total. The number of rotatable bonds is 4. The van der Waals surface area contributed by atoms with Gasteiger partial charge in [-0.05, 0) is 18.6 Å². The van der Waals surface area contributed by atoms with Crippen molar-refractivity contribution >= 4 is 17.0 Å². The molecule has 1 aliphatic rings. The summed E-state index contributed by atoms with van der Waals surface area (Å²) in [5, 5.41) is 6.20. The molecule has 134 valence electrons. The molecule has 3 heterocycles. The SMILES string of the molecule is C[C@H]1C[C@@H](COC(=O)c2ccccc2)O[C@H]1n1cnc2c(=O)[nH]ncc21. The Bertz CT molecular complexity index is 982. The van der Waals surface area contributed by atoms with Crippen LogP contribution in [-0.4, -0.2) is 38.4 Å². The maximum atomic E-state index is 12.1. The Kier molecular flexibility index (Phi) is 4.26. The Morgan fingerprint density at radius 3 is 3.00 bits per heavy atom. The zero-order valence-electron chi connectivity index (χ0n) is 14.2. The molecule has 1 fully saturated rings. The third-order valence-corrected chi connectivity index (χ3v) is 4.54. The minimum absolute atomic E-state index is 0.173. The molecule has 0 spiro atoms. The lowest BCUT2D eigenvalue weighted by Crippen LogP contribution is -2.19. The van der Waals surface area contributed by atoms with Gasteiger partial charge in [0.25, 0.3) is 5.56 Å². The Morgan fingerprint density at radius 1 is 1.38 bits per heavy atom. The minimum Gasteiger partial charge on any atom is -0.459 e. The molecule has 1 aromatic carbocycles. The molecule has 0 unspecified atom stereocenters. The van der Waals surface area contributed by atoms with E-state index in [0.717, 1.165) is 6.42 Å². The highest BCUT2D eigenvalue weighted by atomic mass is 16.6. The molecule has 4 rings (SSSR count). The molecular weight excluding hydrogens is 336 g/mol. The fraction of sp³-hybridized carbons (Fsp3) is 0.333. The number of H-pyrrole nitrogens is 1. The van der Waals surface area contributed by atoms with Gasteiger partial charge in [-0.2, -0.15) is 5.10 Å². The van der Waals surface area contributed by atoms with Crippen LogP contribution in [0, 0.1) is 5.92 Å². The molecule has 8 heteroatoms. The first kappa shape index (κ1) is 16.5. The van der Waals surface area contributed by atoms with Crippen LogP contribution in [0.1, 0.15) is 29.9 Å². The molecule has 26 heavy (non-hydrogen) atoms. The summed E-state index contributed by atoms with van der Waals surface area (Å²) in [6, 6.07) is 8.86. The van der Waals surface area contributed by atoms with Crippen molar-refractivity contribution in [2.45, 2.75) is 25.7 Å². The van der Waals surface area contributed by atoms with E-state index in [2.05, 4.69) is 22.1 Å². The van der Waals surface area contributed by atoms with E-state index in [1.165, 1.54) is 0 Å². The Labute approximate surface area is 148 Å². The summed E-state index contributed by atoms with van der Waals surface area (Å²) in [5.74, 6) is -0.193. The van der Waals surface area contributed by atoms with Gasteiger partial charge in [0.1, 0.15) is 12.8 Å². The fourth-order valence-electron chi connectivity index (χ4n) is 3.27. The van der Waals surface area contributed by atoms with Gasteiger partial charge in [0.05, 0.1) is 29.7 Å². The van der Waals surface area contributed by atoms with Crippen molar-refractivity contribution in [1.29, 1.82) is 0 Å². The van der Waals surface area contributed by atoms with E-state index in [9.17, 15) is 9.59 Å². The molecule has 0 aliphatic carbocycles. The summed E-state index contributed by atoms with van der Waals surface area (Å²) in [5.41, 5.74) is 1.13. The molecule has 1 saturated heterocycles. The quantitative estimate of drug-likeness (QED) is 0.719. The zero-order chi connectivity index (χ0) is 18.1. The molecule has 3 atom stereocenters. The Morgan fingerprint density at radius 2 is 2.19 bits per heavy atom. The van der Waals surface area contributed by atoms with Crippen LogP contribution < -0.4 is 5.56 Å². The summed E-state index contributed by atoms with van der Waals surface area (Å²) in [4.78, 5) is 28.0. The highest BCUT2D eigenvalue weighted by Gasteiger charge is 2.35. The number of imidazole rings is 1. The number of esters is 1. The van der Waals surface area contributed by atoms with Crippen molar-refractivity contribution < 1.29 is 14.3 Å². The van der Waals surface area contributed by atoms with E-state index >= 15 is 0 Å². The fourth-order valence-corrected chi connectivity index (χ4v) is 3.27. The molecule has 0 radical (unpaired) electrons. The second-order valence-electron chi connectivity index (χ2n) is 6.41. The van der Waals surface area contributed by atoms with E-state index in [1.54, 1.807) is 41.4 Å². The molecule has 0 saturated carbocycles. The molecule has 2 aromatic heterocycles. The van der Waals surface area contributed by atoms with Crippen LogP contribution in [0.3, 0.4) is 0 Å². The number of hydrogen-bond donors (Lipinski definition) is 1. The van der Waals surface area contributed by atoms with E-state index in [1.807, 2.05) is 6.07 Å². The summed E-state index contributed by atoms with van der Waals surface area (Å²) in [7, 11) is 0. The minimum atomic E-state index is -0.367. The average molecular weight is 354 g/mol. The van der Waals surface area contributed by atoms with Crippen LogP contribution in [-0.2, 0) is 9.47 Å². The number of hydrogen-bond acceptors (Lipinski definition) is 6. The van der Waals surface area contributed by atoms with E-state index in [0.29, 0.717) is 16.6 Å². The monoisotopic (exact) mass is 354 g/mol. The number of fused-ring (bicyclic) bond motifs is 1. The van der Waals surface area contributed by atoms with Gasteiger partial charge in [0, 0.05) is 5.92 Å². The maximum absolute atomic E-state index is 12.1. The van der Waals surface area contributed by atoms with Gasteiger partial charge in [0.2, 0.25) is 0 Å². The highest BCUT2D eigenvalue weighted by molar-refractivity contribution is 5.89. The number of nitrogens with zero attached hydrogens (tertiary/aromatic N) is 3. The van der Waals surface area contributed by atoms with Crippen LogP contribution in [0.15, 0.2) is 47.7 Å². The number of aromatic amines is 1. The predicted molar refractivity (Wildman–Crippen MR) is 92.6 cm³/mol. The second kappa shape index (κ2) is 6.72. The Balaban J connectivity index is 1.45. The number of nitrogens with one attached hydrogen (secondary N) is 1. The molecule has 0 amide bonds. The van der Waals surface area contributed by atoms with Gasteiger partial charge in [0.15, 0.2) is 5.52 Å². The first-order chi connectivity index (χ1) is 12.6. The van der Waals surface area contributed by atoms with Gasteiger partial charge in [-0.3, -0.25) is 4.79 Å². The molecule has 1 aliphatic heterocycles. The van der Waals surface area contributed by atoms with Crippen LogP contribution in [0.2, 0.25) is 0 Å². The smallest absolute Gasteiger partial charge is 0.338 e. The van der Waals surface area contributed by atoms with Crippen molar-refractivity contribution in [2.75, 3.05) is 6.61 Å². The summed E-state index contributed by atoms with van der Waals surface area (Å²) in [6.07, 6.45) is 3.38. The zero-order valence-corrected chi connectivity index (χ0v) is 14.2. The topological polar surface area (TPSA) is 99.1 Å². The maximum Gasteiger partial charge on any atom is 0.338 e. The number of carbonyl (C=O) groups is 1. The van der Waals surface area contributed by atoms with Gasteiger partial charge in [-0.1, -0.05) is 25.1 Å². The molecule has 1 N–H and O–H groups in total. The predicted octanol–water partition coefficient (Wildman–Crippen LogP) is 1.90. The Hall–Kier alpha value is -3.00. The molecule has 3 aromatic rings. The largest absolute Gasteiger partial charge is 0.459 e. The standard InChI is InChI=1S/C18H18N4O4/c1-11-7-13(9-25-18(24)12-5-3-2-4-6-12)26-17(11)22-10-19-15-14(22)8-20-21-16(15)23/h2-6,8,10-11,13,17H,7,9H2,1H3,(H,21,23)/t11-,13-,17+/m0/s1. The average Bonchev–Trinajstić information content (AvgIpc) is 3.24. The third kappa shape index (κ3) is 2.99. The van der Waals surface area contributed by atoms with Crippen molar-refractivity contribution in [1.82, 2.24) is 19.7 Å². The third-order valence-electron chi connectivity index (χ3n) is 4.54. The normalized spacial score (nSPS) is 22.6. The van der Waals surface area contributed by atoms with Crippen LogP contribution in [0.25, 0.3) is 11.0 Å². The summed E-state index contributed by atoms with van der Waals surface area (Å²) >= 11 is 0. The van der Waals surface area contributed by atoms with Crippen LogP contribution in [0.5, 0.6) is 0 Å². The van der Waals surface area contributed by atoms with Crippen molar-refractivity contribution in [2.24, 2.45) is 5.92 Å². The van der Waals surface area contributed by atoms with Gasteiger partial charge >= 0.3 is 5.97 Å². The lowest BCUT2D eigenvalue weighted by molar-refractivity contribution is -0.0374. The molecule has 0 bridgehead atoms. The van der Waals surface area contributed by atoms with Crippen molar-refractivity contribution in [3.63, 3.8) is 0 Å². The van der Waals surface area contributed by atoms with Gasteiger partial charge < -0.3 is 14.0 Å². The van der Waals surface area contributed by atoms with E-state index in [4.69, 9.17) is 9.47 Å². The lowest BCUT2D eigenvalue weighted by Gasteiger charge is -2.18. The van der Waals surface area contributed by atoms with Crippen molar-refractivity contribution in [3.8, 4) is 0 Å². The number of carbonyl (C=O) groups excluding carboxylic acids is 1. The second-order valence-corrected chi connectivity index (χ2v) is 6.41. The molecular formula is C18H18N4O4. The highest BCUT2D eigenvalue weighted by Crippen LogP contribution is 2.35. The summed E-state index contributed by atoms with van der Waals surface area (Å²) < 4.78 is 13.2.